The number of morpholine rings is 1. The molecule has 4 nitrogen and oxygen atoms in total. The number of hydrogen-bond acceptors (Lipinski definition) is 3. The molecule has 1 aromatic rings. The Labute approximate surface area is 126 Å². The van der Waals surface area contributed by atoms with Crippen LogP contribution in [0, 0.1) is 0 Å². The fourth-order valence-corrected chi connectivity index (χ4v) is 2.26. The predicted molar refractivity (Wildman–Crippen MR) is 82.3 cm³/mol. The van der Waals surface area contributed by atoms with Crippen LogP contribution in [0.2, 0.25) is 0 Å². The van der Waals surface area contributed by atoms with Crippen molar-refractivity contribution in [3.63, 3.8) is 0 Å². The highest BCUT2D eigenvalue weighted by Crippen LogP contribution is 2.06. The summed E-state index contributed by atoms with van der Waals surface area (Å²) < 4.78 is 5.52. The largest absolute Gasteiger partial charge is 0.366 e. The molecule has 0 bridgehead atoms. The molecule has 0 spiro atoms. The summed E-state index contributed by atoms with van der Waals surface area (Å²) in [5.41, 5.74) is 1.26. The average molecular weight is 299 g/mol. The number of benzene rings is 1. The van der Waals surface area contributed by atoms with Gasteiger partial charge in [-0.2, -0.15) is 0 Å². The molecular formula is C15H23ClN2O2. The van der Waals surface area contributed by atoms with Crippen LogP contribution in [0.1, 0.15) is 12.5 Å². The van der Waals surface area contributed by atoms with Gasteiger partial charge in [0.2, 0.25) is 0 Å². The fourth-order valence-electron chi connectivity index (χ4n) is 2.26. The Balaban J connectivity index is 0.00000200. The SMILES string of the molecule is CCN(CCc1ccccc1)C(=O)C1CNCCO1.Cl. The van der Waals surface area contributed by atoms with Crippen molar-refractivity contribution in [2.24, 2.45) is 0 Å². The van der Waals surface area contributed by atoms with Crippen LogP contribution < -0.4 is 5.32 Å². The van der Waals surface area contributed by atoms with Crippen molar-refractivity contribution in [2.75, 3.05) is 32.8 Å². The van der Waals surface area contributed by atoms with Crippen molar-refractivity contribution in [1.29, 1.82) is 0 Å². The molecule has 1 N–H and O–H groups in total. The van der Waals surface area contributed by atoms with E-state index in [4.69, 9.17) is 4.74 Å². The zero-order chi connectivity index (χ0) is 13.5. The summed E-state index contributed by atoms with van der Waals surface area (Å²) in [5.74, 6) is 0.102. The summed E-state index contributed by atoms with van der Waals surface area (Å²) in [6, 6.07) is 10.3. The Kier molecular flexibility index (Phi) is 7.59. The van der Waals surface area contributed by atoms with Crippen molar-refractivity contribution in [1.82, 2.24) is 10.2 Å². The van der Waals surface area contributed by atoms with Crippen LogP contribution >= 0.6 is 12.4 Å². The minimum atomic E-state index is -0.315. The zero-order valence-electron chi connectivity index (χ0n) is 11.9. The van der Waals surface area contributed by atoms with Crippen LogP contribution in [0.15, 0.2) is 30.3 Å². The van der Waals surface area contributed by atoms with Crippen LogP contribution in [-0.4, -0.2) is 49.7 Å². The van der Waals surface area contributed by atoms with Gasteiger partial charge in [0.25, 0.3) is 5.91 Å². The quantitative estimate of drug-likeness (QED) is 0.895. The molecule has 0 aliphatic carbocycles. The number of carbonyl (C=O) groups excluding carboxylic acids is 1. The van der Waals surface area contributed by atoms with Gasteiger partial charge in [-0.05, 0) is 18.9 Å². The third-order valence-electron chi connectivity index (χ3n) is 3.41. The lowest BCUT2D eigenvalue weighted by atomic mass is 10.1. The third kappa shape index (κ3) is 4.78. The Morgan fingerprint density at radius 3 is 2.75 bits per heavy atom. The van der Waals surface area contributed by atoms with E-state index in [0.717, 1.165) is 26.1 Å². The zero-order valence-corrected chi connectivity index (χ0v) is 12.7. The molecule has 20 heavy (non-hydrogen) atoms. The molecular weight excluding hydrogens is 276 g/mol. The number of nitrogens with one attached hydrogen (secondary N) is 1. The summed E-state index contributed by atoms with van der Waals surface area (Å²) in [4.78, 5) is 14.2. The van der Waals surface area contributed by atoms with Gasteiger partial charge in [0.15, 0.2) is 0 Å². The second kappa shape index (κ2) is 8.95. The molecule has 1 fully saturated rings. The molecule has 0 aromatic heterocycles. The number of carbonyl (C=O) groups is 1. The first-order chi connectivity index (χ1) is 9.31. The monoisotopic (exact) mass is 298 g/mol. The first kappa shape index (κ1) is 17.0. The van der Waals surface area contributed by atoms with E-state index in [9.17, 15) is 4.79 Å². The minimum Gasteiger partial charge on any atom is -0.366 e. The van der Waals surface area contributed by atoms with Gasteiger partial charge in [0.05, 0.1) is 6.61 Å². The van der Waals surface area contributed by atoms with Crippen LogP contribution in [0.5, 0.6) is 0 Å². The van der Waals surface area contributed by atoms with E-state index in [1.165, 1.54) is 5.56 Å². The molecule has 0 radical (unpaired) electrons. The van der Waals surface area contributed by atoms with Crippen LogP contribution in [0.4, 0.5) is 0 Å². The number of hydrogen-bond donors (Lipinski definition) is 1. The van der Waals surface area contributed by atoms with Crippen molar-refractivity contribution in [3.05, 3.63) is 35.9 Å². The first-order valence-corrected chi connectivity index (χ1v) is 6.96. The molecule has 1 unspecified atom stereocenters. The highest BCUT2D eigenvalue weighted by Gasteiger charge is 2.25. The molecule has 2 rings (SSSR count). The lowest BCUT2D eigenvalue weighted by Gasteiger charge is -2.29. The predicted octanol–water partition coefficient (Wildman–Crippen LogP) is 1.49. The van der Waals surface area contributed by atoms with E-state index >= 15 is 0 Å². The summed E-state index contributed by atoms with van der Waals surface area (Å²) in [6.45, 7) is 5.57. The van der Waals surface area contributed by atoms with Gasteiger partial charge in [-0.1, -0.05) is 30.3 Å². The first-order valence-electron chi connectivity index (χ1n) is 6.96. The van der Waals surface area contributed by atoms with E-state index in [0.29, 0.717) is 13.2 Å². The van der Waals surface area contributed by atoms with E-state index < -0.39 is 0 Å². The van der Waals surface area contributed by atoms with Gasteiger partial charge in [-0.3, -0.25) is 4.79 Å². The van der Waals surface area contributed by atoms with E-state index in [1.54, 1.807) is 0 Å². The van der Waals surface area contributed by atoms with Crippen LogP contribution in [0.3, 0.4) is 0 Å². The maximum atomic E-state index is 12.3. The van der Waals surface area contributed by atoms with Crippen molar-refractivity contribution in [3.8, 4) is 0 Å². The summed E-state index contributed by atoms with van der Waals surface area (Å²) in [7, 11) is 0. The van der Waals surface area contributed by atoms with E-state index in [2.05, 4.69) is 17.4 Å². The molecule has 1 aliphatic heterocycles. The number of ether oxygens (including phenoxy) is 1. The minimum absolute atomic E-state index is 0. The number of rotatable bonds is 5. The maximum Gasteiger partial charge on any atom is 0.253 e. The van der Waals surface area contributed by atoms with Crippen molar-refractivity contribution in [2.45, 2.75) is 19.4 Å². The average Bonchev–Trinajstić information content (AvgIpc) is 2.49. The highest BCUT2D eigenvalue weighted by atomic mass is 35.5. The van der Waals surface area contributed by atoms with Gasteiger partial charge in [-0.25, -0.2) is 0 Å². The second-order valence-corrected chi connectivity index (χ2v) is 4.72. The Morgan fingerprint density at radius 2 is 2.15 bits per heavy atom. The molecule has 1 atom stereocenters. The second-order valence-electron chi connectivity index (χ2n) is 4.72. The molecule has 112 valence electrons. The number of amides is 1. The highest BCUT2D eigenvalue weighted by molar-refractivity contribution is 5.85. The van der Waals surface area contributed by atoms with Gasteiger partial charge < -0.3 is 15.0 Å². The molecule has 1 aromatic carbocycles. The molecule has 5 heteroatoms. The molecule has 1 amide bonds. The summed E-state index contributed by atoms with van der Waals surface area (Å²) in [5, 5.41) is 3.20. The Bertz CT molecular complexity index is 394. The van der Waals surface area contributed by atoms with Crippen LogP contribution in [-0.2, 0) is 16.0 Å². The van der Waals surface area contributed by atoms with E-state index in [1.807, 2.05) is 30.0 Å². The van der Waals surface area contributed by atoms with Crippen molar-refractivity contribution >= 4 is 18.3 Å². The standard InChI is InChI=1S/C15H22N2O2.ClH/c1-2-17(10-8-13-6-4-3-5-7-13)15(18)14-12-16-9-11-19-14;/h3-7,14,16H,2,8-12H2,1H3;1H. The topological polar surface area (TPSA) is 41.6 Å². The summed E-state index contributed by atoms with van der Waals surface area (Å²) in [6.07, 6.45) is 0.574. The lowest BCUT2D eigenvalue weighted by molar-refractivity contribution is -0.145. The van der Waals surface area contributed by atoms with Gasteiger partial charge in [-0.15, -0.1) is 12.4 Å². The summed E-state index contributed by atoms with van der Waals surface area (Å²) >= 11 is 0. The van der Waals surface area contributed by atoms with Gasteiger partial charge >= 0.3 is 0 Å². The Morgan fingerprint density at radius 1 is 1.40 bits per heavy atom. The molecule has 1 aliphatic rings. The van der Waals surface area contributed by atoms with Crippen LogP contribution in [0.25, 0.3) is 0 Å². The Hall–Kier alpha value is -1.10. The smallest absolute Gasteiger partial charge is 0.253 e. The lowest BCUT2D eigenvalue weighted by Crippen LogP contribution is -2.49. The molecule has 1 saturated heterocycles. The fraction of sp³-hybridized carbons (Fsp3) is 0.533. The van der Waals surface area contributed by atoms with E-state index in [-0.39, 0.29) is 24.4 Å². The van der Waals surface area contributed by atoms with Crippen molar-refractivity contribution < 1.29 is 9.53 Å². The normalized spacial score (nSPS) is 18.1. The third-order valence-corrected chi connectivity index (χ3v) is 3.41. The maximum absolute atomic E-state index is 12.3. The molecule has 0 saturated carbocycles. The molecule has 1 heterocycles. The number of likely N-dealkylation sites (N-methyl/N-ethyl adjacent to an activating group) is 1. The number of halogens is 1. The number of nitrogens with zero attached hydrogens (tertiary/aromatic N) is 1. The van der Waals surface area contributed by atoms with Gasteiger partial charge in [0.1, 0.15) is 6.10 Å². The van der Waals surface area contributed by atoms with Gasteiger partial charge in [0, 0.05) is 26.2 Å².